The van der Waals surface area contributed by atoms with E-state index in [1.165, 1.54) is 45.3 Å². The zero-order valence-electron chi connectivity index (χ0n) is 13.2. The summed E-state index contributed by atoms with van der Waals surface area (Å²) in [5.74, 6) is 1.70. The Labute approximate surface area is 114 Å². The van der Waals surface area contributed by atoms with E-state index in [0.29, 0.717) is 11.5 Å². The second-order valence-corrected chi connectivity index (χ2v) is 7.62. The molecule has 0 radical (unpaired) electrons. The maximum absolute atomic E-state index is 5.80. The third-order valence-electron chi connectivity index (χ3n) is 4.42. The van der Waals surface area contributed by atoms with Crippen LogP contribution >= 0.6 is 0 Å². The fraction of sp³-hybridized carbons (Fsp3) is 1.00. The Kier molecular flexibility index (Phi) is 6.13. The summed E-state index contributed by atoms with van der Waals surface area (Å²) in [7, 11) is 0. The lowest BCUT2D eigenvalue weighted by molar-refractivity contribution is 0.213. The highest BCUT2D eigenvalue weighted by molar-refractivity contribution is 4.84. The molecule has 1 heterocycles. The Morgan fingerprint density at radius 2 is 1.89 bits per heavy atom. The Bertz CT molecular complexity index is 230. The van der Waals surface area contributed by atoms with E-state index < -0.39 is 0 Å². The predicted molar refractivity (Wildman–Crippen MR) is 80.7 cm³/mol. The first-order valence-corrected chi connectivity index (χ1v) is 7.77. The Morgan fingerprint density at radius 3 is 2.39 bits per heavy atom. The molecule has 0 aromatic carbocycles. The van der Waals surface area contributed by atoms with Crippen LogP contribution in [0.15, 0.2) is 0 Å². The summed E-state index contributed by atoms with van der Waals surface area (Å²) in [6, 6.07) is 0.370. The molecule has 1 aliphatic rings. The van der Waals surface area contributed by atoms with Crippen LogP contribution in [0.25, 0.3) is 0 Å². The quantitative estimate of drug-likeness (QED) is 0.786. The highest BCUT2D eigenvalue weighted by Gasteiger charge is 2.31. The van der Waals surface area contributed by atoms with Crippen molar-refractivity contribution in [1.29, 1.82) is 0 Å². The smallest absolute Gasteiger partial charge is 0.00153 e. The van der Waals surface area contributed by atoms with Gasteiger partial charge in [0.05, 0.1) is 0 Å². The van der Waals surface area contributed by atoms with Crippen molar-refractivity contribution in [3.8, 4) is 0 Å². The minimum absolute atomic E-state index is 0.370. The van der Waals surface area contributed by atoms with Gasteiger partial charge in [0.2, 0.25) is 0 Å². The fourth-order valence-corrected chi connectivity index (χ4v) is 3.03. The maximum Gasteiger partial charge on any atom is 0.00153 e. The summed E-state index contributed by atoms with van der Waals surface area (Å²) in [5.41, 5.74) is 6.28. The van der Waals surface area contributed by atoms with Crippen molar-refractivity contribution in [2.24, 2.45) is 23.0 Å². The minimum Gasteiger partial charge on any atom is -0.328 e. The van der Waals surface area contributed by atoms with Crippen molar-refractivity contribution < 1.29 is 0 Å². The predicted octanol–water partition coefficient (Wildman–Crippen LogP) is 3.51. The van der Waals surface area contributed by atoms with Gasteiger partial charge in [0.15, 0.2) is 0 Å². The summed E-state index contributed by atoms with van der Waals surface area (Å²) < 4.78 is 0. The van der Waals surface area contributed by atoms with E-state index in [0.717, 1.165) is 11.8 Å². The van der Waals surface area contributed by atoms with Crippen LogP contribution in [0.3, 0.4) is 0 Å². The molecule has 3 atom stereocenters. The van der Waals surface area contributed by atoms with Gasteiger partial charge in [-0.25, -0.2) is 0 Å². The van der Waals surface area contributed by atoms with Gasteiger partial charge in [0, 0.05) is 19.1 Å². The first-order chi connectivity index (χ1) is 8.29. The van der Waals surface area contributed by atoms with E-state index in [-0.39, 0.29) is 0 Å². The molecule has 0 spiro atoms. The van der Waals surface area contributed by atoms with Crippen molar-refractivity contribution in [1.82, 2.24) is 4.90 Å². The summed E-state index contributed by atoms with van der Waals surface area (Å²) in [4.78, 5) is 2.67. The van der Waals surface area contributed by atoms with E-state index >= 15 is 0 Å². The maximum atomic E-state index is 5.80. The fourth-order valence-electron chi connectivity index (χ4n) is 3.03. The number of rotatable bonds is 6. The molecular weight excluding hydrogens is 220 g/mol. The van der Waals surface area contributed by atoms with Gasteiger partial charge in [-0.15, -0.1) is 0 Å². The van der Waals surface area contributed by atoms with Crippen LogP contribution in [0.2, 0.25) is 0 Å². The Hall–Kier alpha value is -0.0800. The Balaban J connectivity index is 2.20. The zero-order chi connectivity index (χ0) is 13.8. The number of hydrogen-bond acceptors (Lipinski definition) is 2. The number of nitrogens with zero attached hydrogens (tertiary/aromatic N) is 1. The molecule has 0 saturated carbocycles. The highest BCUT2D eigenvalue weighted by Crippen LogP contribution is 2.33. The summed E-state index contributed by atoms with van der Waals surface area (Å²) in [6.07, 6.45) is 5.18. The van der Waals surface area contributed by atoms with Gasteiger partial charge < -0.3 is 10.6 Å². The molecule has 108 valence electrons. The molecule has 0 aromatic rings. The van der Waals surface area contributed by atoms with Gasteiger partial charge in [-0.3, -0.25) is 0 Å². The molecule has 0 aliphatic carbocycles. The summed E-state index contributed by atoms with van der Waals surface area (Å²) in [6.45, 7) is 15.5. The molecule has 2 N–H and O–H groups in total. The van der Waals surface area contributed by atoms with Crippen LogP contribution in [0.4, 0.5) is 0 Å². The van der Waals surface area contributed by atoms with Crippen LogP contribution in [0.5, 0.6) is 0 Å². The van der Waals surface area contributed by atoms with E-state index in [1.54, 1.807) is 0 Å². The first-order valence-electron chi connectivity index (χ1n) is 7.77. The normalized spacial score (nSPS) is 25.3. The molecular formula is C16H34N2. The minimum atomic E-state index is 0.370. The number of nitrogens with two attached hydrogens (primary N) is 1. The van der Waals surface area contributed by atoms with Gasteiger partial charge in [-0.2, -0.15) is 0 Å². The number of likely N-dealkylation sites (tertiary alicyclic amines) is 1. The topological polar surface area (TPSA) is 29.3 Å². The molecule has 18 heavy (non-hydrogen) atoms. The monoisotopic (exact) mass is 254 g/mol. The standard InChI is InChI=1S/C16H34N2/c1-13(7-6-8-14(2)17)11-18-10-9-15(12-18)16(3,4)5/h13-15H,6-12,17H2,1-5H3. The van der Waals surface area contributed by atoms with E-state index in [4.69, 9.17) is 5.73 Å². The molecule has 2 heteroatoms. The molecule has 0 aromatic heterocycles. The summed E-state index contributed by atoms with van der Waals surface area (Å²) >= 11 is 0. The van der Waals surface area contributed by atoms with Crippen molar-refractivity contribution in [3.63, 3.8) is 0 Å². The van der Waals surface area contributed by atoms with Gasteiger partial charge in [-0.1, -0.05) is 34.1 Å². The third-order valence-corrected chi connectivity index (χ3v) is 4.42. The highest BCUT2D eigenvalue weighted by atomic mass is 15.1. The number of hydrogen-bond donors (Lipinski definition) is 1. The second kappa shape index (κ2) is 6.91. The third kappa shape index (κ3) is 5.71. The molecule has 1 fully saturated rings. The SMILES string of the molecule is CC(N)CCCC(C)CN1CCC(C(C)(C)C)C1. The zero-order valence-corrected chi connectivity index (χ0v) is 13.2. The second-order valence-electron chi connectivity index (χ2n) is 7.62. The van der Waals surface area contributed by atoms with Gasteiger partial charge >= 0.3 is 0 Å². The molecule has 1 saturated heterocycles. The molecule has 1 aliphatic heterocycles. The largest absolute Gasteiger partial charge is 0.328 e. The van der Waals surface area contributed by atoms with Crippen LogP contribution in [0.1, 0.15) is 60.3 Å². The lowest BCUT2D eigenvalue weighted by atomic mass is 9.80. The van der Waals surface area contributed by atoms with Crippen LogP contribution in [-0.2, 0) is 0 Å². The van der Waals surface area contributed by atoms with Gasteiger partial charge in [0.1, 0.15) is 0 Å². The van der Waals surface area contributed by atoms with Crippen molar-refractivity contribution >= 4 is 0 Å². The van der Waals surface area contributed by atoms with Gasteiger partial charge in [-0.05, 0) is 50.0 Å². The first kappa shape index (κ1) is 16.0. The van der Waals surface area contributed by atoms with E-state index in [2.05, 4.69) is 39.5 Å². The Morgan fingerprint density at radius 1 is 1.22 bits per heavy atom. The summed E-state index contributed by atoms with van der Waals surface area (Å²) in [5, 5.41) is 0. The van der Waals surface area contributed by atoms with Crippen molar-refractivity contribution in [2.75, 3.05) is 19.6 Å². The molecule has 3 unspecified atom stereocenters. The van der Waals surface area contributed by atoms with Crippen molar-refractivity contribution in [2.45, 2.75) is 66.3 Å². The van der Waals surface area contributed by atoms with Crippen LogP contribution in [0, 0.1) is 17.3 Å². The molecule has 1 rings (SSSR count). The average molecular weight is 254 g/mol. The lowest BCUT2D eigenvalue weighted by Crippen LogP contribution is -2.29. The average Bonchev–Trinajstić information content (AvgIpc) is 2.64. The van der Waals surface area contributed by atoms with Crippen LogP contribution < -0.4 is 5.73 Å². The molecule has 0 amide bonds. The van der Waals surface area contributed by atoms with Crippen molar-refractivity contribution in [3.05, 3.63) is 0 Å². The molecule has 0 bridgehead atoms. The van der Waals surface area contributed by atoms with E-state index in [1.807, 2.05) is 0 Å². The molecule has 2 nitrogen and oxygen atoms in total. The lowest BCUT2D eigenvalue weighted by Gasteiger charge is -2.28. The van der Waals surface area contributed by atoms with E-state index in [9.17, 15) is 0 Å². The van der Waals surface area contributed by atoms with Crippen LogP contribution in [-0.4, -0.2) is 30.6 Å². The van der Waals surface area contributed by atoms with Gasteiger partial charge in [0.25, 0.3) is 0 Å².